The van der Waals surface area contributed by atoms with Gasteiger partial charge in [-0.3, -0.25) is 0 Å². The second kappa shape index (κ2) is 5.48. The molecule has 0 heterocycles. The second-order valence-corrected chi connectivity index (χ2v) is 2.98. The molecule has 1 heteroatoms. The van der Waals surface area contributed by atoms with Crippen molar-refractivity contribution in [3.05, 3.63) is 12.2 Å². The van der Waals surface area contributed by atoms with Crippen LogP contribution in [-0.4, -0.2) is 6.04 Å². The summed E-state index contributed by atoms with van der Waals surface area (Å²) in [5, 5.41) is 0. The van der Waals surface area contributed by atoms with Gasteiger partial charge >= 0.3 is 0 Å². The van der Waals surface area contributed by atoms with Crippen molar-refractivity contribution in [3.8, 4) is 0 Å². The fraction of sp³-hybridized carbons (Fsp3) is 0.778. The minimum absolute atomic E-state index is 0.338. The predicted molar refractivity (Wildman–Crippen MR) is 46.9 cm³/mol. The molecule has 60 valence electrons. The Hall–Kier alpha value is -0.300. The van der Waals surface area contributed by atoms with Gasteiger partial charge in [0.2, 0.25) is 0 Å². The highest BCUT2D eigenvalue weighted by atomic mass is 14.6. The number of hydrogen-bond acceptors (Lipinski definition) is 1. The Morgan fingerprint density at radius 3 is 2.40 bits per heavy atom. The van der Waals surface area contributed by atoms with E-state index in [1.165, 1.54) is 12.8 Å². The topological polar surface area (TPSA) is 26.0 Å². The number of hydrogen-bond donors (Lipinski definition) is 1. The molecule has 0 rings (SSSR count). The average molecular weight is 141 g/mol. The number of allylic oxidation sites excluding steroid dienone is 2. The fourth-order valence-electron chi connectivity index (χ4n) is 0.789. The van der Waals surface area contributed by atoms with Crippen LogP contribution >= 0.6 is 0 Å². The van der Waals surface area contributed by atoms with Crippen molar-refractivity contribution < 1.29 is 0 Å². The van der Waals surface area contributed by atoms with Crippen molar-refractivity contribution in [2.45, 2.75) is 39.7 Å². The average Bonchev–Trinajstić information content (AvgIpc) is 1.88. The molecular weight excluding hydrogens is 122 g/mol. The fourth-order valence-corrected chi connectivity index (χ4v) is 0.789. The van der Waals surface area contributed by atoms with Gasteiger partial charge in [0.05, 0.1) is 0 Å². The van der Waals surface area contributed by atoms with Crippen LogP contribution in [0, 0.1) is 5.92 Å². The van der Waals surface area contributed by atoms with E-state index in [4.69, 9.17) is 5.73 Å². The van der Waals surface area contributed by atoms with E-state index >= 15 is 0 Å². The van der Waals surface area contributed by atoms with Crippen LogP contribution in [0.3, 0.4) is 0 Å². The molecule has 2 N–H and O–H groups in total. The Morgan fingerprint density at radius 2 is 2.00 bits per heavy atom. The molecular formula is C9H19N. The molecule has 0 aromatic heterocycles. The molecule has 0 spiro atoms. The summed E-state index contributed by atoms with van der Waals surface area (Å²) in [5.41, 5.74) is 5.69. The molecule has 0 bridgehead atoms. The third kappa shape index (κ3) is 4.57. The maximum absolute atomic E-state index is 5.69. The molecule has 0 radical (unpaired) electrons. The maximum atomic E-state index is 5.69. The number of rotatable bonds is 4. The van der Waals surface area contributed by atoms with E-state index < -0.39 is 0 Å². The van der Waals surface area contributed by atoms with Gasteiger partial charge in [0.25, 0.3) is 0 Å². The van der Waals surface area contributed by atoms with Crippen molar-refractivity contribution in [3.63, 3.8) is 0 Å². The second-order valence-electron chi connectivity index (χ2n) is 2.98. The summed E-state index contributed by atoms with van der Waals surface area (Å²) < 4.78 is 0. The third-order valence-corrected chi connectivity index (χ3v) is 1.92. The van der Waals surface area contributed by atoms with Crippen molar-refractivity contribution in [1.29, 1.82) is 0 Å². The standard InChI is InChI=1S/C9H19N/c1-4-5-6-7-8(2)9(3)10/h4-5,8-9H,6-7,10H2,1-3H3/b5-4+. The SMILES string of the molecule is C/C=C/CCC(C)C(C)N. The van der Waals surface area contributed by atoms with Crippen molar-refractivity contribution >= 4 is 0 Å². The van der Waals surface area contributed by atoms with Gasteiger partial charge in [0, 0.05) is 6.04 Å². The molecule has 0 aromatic rings. The van der Waals surface area contributed by atoms with E-state index in [2.05, 4.69) is 32.9 Å². The minimum atomic E-state index is 0.338. The van der Waals surface area contributed by atoms with E-state index in [0.717, 1.165) is 0 Å². The first-order valence-electron chi connectivity index (χ1n) is 4.05. The molecule has 0 amide bonds. The minimum Gasteiger partial charge on any atom is -0.328 e. The molecule has 2 atom stereocenters. The molecule has 0 aromatic carbocycles. The summed E-state index contributed by atoms with van der Waals surface area (Å²) in [6.07, 6.45) is 6.66. The summed E-state index contributed by atoms with van der Waals surface area (Å²) in [6.45, 7) is 6.32. The van der Waals surface area contributed by atoms with Gasteiger partial charge in [-0.2, -0.15) is 0 Å². The van der Waals surface area contributed by atoms with E-state index in [9.17, 15) is 0 Å². The monoisotopic (exact) mass is 141 g/mol. The van der Waals surface area contributed by atoms with Crippen LogP contribution in [0.5, 0.6) is 0 Å². The van der Waals surface area contributed by atoms with Crippen LogP contribution in [0.2, 0.25) is 0 Å². The Balaban J connectivity index is 3.30. The van der Waals surface area contributed by atoms with Crippen LogP contribution in [0.15, 0.2) is 12.2 Å². The number of nitrogens with two attached hydrogens (primary N) is 1. The van der Waals surface area contributed by atoms with Gasteiger partial charge in [0.1, 0.15) is 0 Å². The summed E-state index contributed by atoms with van der Waals surface area (Å²) >= 11 is 0. The maximum Gasteiger partial charge on any atom is 0.00362 e. The molecule has 2 unspecified atom stereocenters. The van der Waals surface area contributed by atoms with Crippen molar-refractivity contribution in [1.82, 2.24) is 0 Å². The first-order chi connectivity index (χ1) is 4.68. The lowest BCUT2D eigenvalue weighted by atomic mass is 9.99. The van der Waals surface area contributed by atoms with Crippen LogP contribution in [0.1, 0.15) is 33.6 Å². The van der Waals surface area contributed by atoms with E-state index in [1.807, 2.05) is 0 Å². The van der Waals surface area contributed by atoms with Crippen LogP contribution in [0.25, 0.3) is 0 Å². The summed E-state index contributed by atoms with van der Waals surface area (Å²) in [6, 6.07) is 0.338. The van der Waals surface area contributed by atoms with Gasteiger partial charge in [-0.1, -0.05) is 19.1 Å². The van der Waals surface area contributed by atoms with Crippen molar-refractivity contribution in [2.75, 3.05) is 0 Å². The third-order valence-electron chi connectivity index (χ3n) is 1.92. The van der Waals surface area contributed by atoms with Gasteiger partial charge in [-0.05, 0) is 32.6 Å². The van der Waals surface area contributed by atoms with Crippen LogP contribution in [-0.2, 0) is 0 Å². The molecule has 0 aliphatic heterocycles. The largest absolute Gasteiger partial charge is 0.328 e. The Labute approximate surface area is 64.3 Å². The summed E-state index contributed by atoms with van der Waals surface area (Å²) in [5.74, 6) is 0.649. The van der Waals surface area contributed by atoms with Gasteiger partial charge in [0.15, 0.2) is 0 Å². The lowest BCUT2D eigenvalue weighted by molar-refractivity contribution is 0.454. The van der Waals surface area contributed by atoms with E-state index in [-0.39, 0.29) is 0 Å². The van der Waals surface area contributed by atoms with Crippen LogP contribution in [0.4, 0.5) is 0 Å². The first kappa shape index (κ1) is 9.70. The van der Waals surface area contributed by atoms with E-state index in [0.29, 0.717) is 12.0 Å². The van der Waals surface area contributed by atoms with Gasteiger partial charge in [-0.15, -0.1) is 0 Å². The first-order valence-corrected chi connectivity index (χ1v) is 4.05. The molecule has 1 nitrogen and oxygen atoms in total. The van der Waals surface area contributed by atoms with Crippen molar-refractivity contribution in [2.24, 2.45) is 11.7 Å². The lowest BCUT2D eigenvalue weighted by Crippen LogP contribution is -2.23. The van der Waals surface area contributed by atoms with E-state index in [1.54, 1.807) is 0 Å². The highest BCUT2D eigenvalue weighted by Gasteiger charge is 2.04. The summed E-state index contributed by atoms with van der Waals surface area (Å²) in [4.78, 5) is 0. The quantitative estimate of drug-likeness (QED) is 0.597. The Morgan fingerprint density at radius 1 is 1.40 bits per heavy atom. The zero-order chi connectivity index (χ0) is 7.98. The molecule has 0 aliphatic carbocycles. The normalized spacial score (nSPS) is 17.6. The molecule has 0 fully saturated rings. The smallest absolute Gasteiger partial charge is 0.00362 e. The van der Waals surface area contributed by atoms with Gasteiger partial charge in [-0.25, -0.2) is 0 Å². The lowest BCUT2D eigenvalue weighted by Gasteiger charge is -2.13. The zero-order valence-corrected chi connectivity index (χ0v) is 7.30. The Kier molecular flexibility index (Phi) is 5.32. The Bertz CT molecular complexity index is 94.9. The zero-order valence-electron chi connectivity index (χ0n) is 7.30. The highest BCUT2D eigenvalue weighted by molar-refractivity contribution is 4.78. The predicted octanol–water partition coefficient (Wildman–Crippen LogP) is 2.33. The molecule has 10 heavy (non-hydrogen) atoms. The molecule has 0 saturated heterocycles. The molecule has 0 saturated carbocycles. The van der Waals surface area contributed by atoms with Crippen LogP contribution < -0.4 is 5.73 Å². The van der Waals surface area contributed by atoms with Gasteiger partial charge < -0.3 is 5.73 Å². The summed E-state index contributed by atoms with van der Waals surface area (Å²) in [7, 11) is 0. The molecule has 0 aliphatic rings. The highest BCUT2D eigenvalue weighted by Crippen LogP contribution is 2.08.